The first-order valence-corrected chi connectivity index (χ1v) is 8.04. The van der Waals surface area contributed by atoms with Crippen molar-refractivity contribution in [1.29, 1.82) is 0 Å². The second kappa shape index (κ2) is 7.13. The lowest BCUT2D eigenvalue weighted by Gasteiger charge is -2.15. The Labute approximate surface area is 123 Å². The average Bonchev–Trinajstić information content (AvgIpc) is 3.03. The number of hydrogen-bond acceptors (Lipinski definition) is 4. The summed E-state index contributed by atoms with van der Waals surface area (Å²) in [5, 5.41) is 9.62. The highest BCUT2D eigenvalue weighted by molar-refractivity contribution is 7.99. The number of hydrogen-bond donors (Lipinski definition) is 1. The van der Waals surface area contributed by atoms with E-state index in [-0.39, 0.29) is 5.75 Å². The van der Waals surface area contributed by atoms with E-state index in [1.165, 1.54) is 17.5 Å². The molecule has 0 bridgehead atoms. The van der Waals surface area contributed by atoms with Gasteiger partial charge in [-0.1, -0.05) is 25.6 Å². The highest BCUT2D eigenvalue weighted by Gasteiger charge is 2.19. The summed E-state index contributed by atoms with van der Waals surface area (Å²) in [4.78, 5) is 15.1. The molecule has 5 nitrogen and oxygen atoms in total. The van der Waals surface area contributed by atoms with E-state index in [0.29, 0.717) is 11.8 Å². The molecule has 2 heterocycles. The van der Waals surface area contributed by atoms with Crippen LogP contribution >= 0.6 is 11.8 Å². The number of carbonyl (C=O) groups is 1. The normalized spacial score (nSPS) is 18.9. The maximum Gasteiger partial charge on any atom is 0.313 e. The molecule has 1 aliphatic heterocycles. The standard InChI is InChI=1S/C14H22N2O3S/c1-10(2)12-7-15-14(20-9-13(17)18)16(12)5-3-11-4-6-19-8-11/h7,10-11H,3-6,8-9H2,1-2H3,(H,17,18). The molecule has 1 N–H and O–H groups in total. The summed E-state index contributed by atoms with van der Waals surface area (Å²) in [6.45, 7) is 6.88. The first-order valence-electron chi connectivity index (χ1n) is 7.05. The van der Waals surface area contributed by atoms with Gasteiger partial charge in [0, 0.05) is 31.6 Å². The van der Waals surface area contributed by atoms with Crippen molar-refractivity contribution in [2.45, 2.75) is 44.3 Å². The van der Waals surface area contributed by atoms with Crippen molar-refractivity contribution < 1.29 is 14.6 Å². The third-order valence-electron chi connectivity index (χ3n) is 3.55. The third kappa shape index (κ3) is 3.99. The van der Waals surface area contributed by atoms with Gasteiger partial charge in [-0.05, 0) is 24.7 Å². The summed E-state index contributed by atoms with van der Waals surface area (Å²) in [7, 11) is 0. The molecule has 1 saturated heterocycles. The Morgan fingerprint density at radius 1 is 1.65 bits per heavy atom. The molecule has 1 fully saturated rings. The SMILES string of the molecule is CC(C)c1cnc(SCC(=O)O)n1CCC1CCOC1. The summed E-state index contributed by atoms with van der Waals surface area (Å²) in [5.74, 6) is 0.261. The maximum absolute atomic E-state index is 10.7. The minimum absolute atomic E-state index is 0.0566. The predicted octanol–water partition coefficient (Wildman–Crippen LogP) is 2.61. The third-order valence-corrected chi connectivity index (χ3v) is 4.53. The molecular weight excluding hydrogens is 276 g/mol. The monoisotopic (exact) mass is 298 g/mol. The minimum Gasteiger partial charge on any atom is -0.481 e. The van der Waals surface area contributed by atoms with Gasteiger partial charge in [0.05, 0.1) is 5.75 Å². The van der Waals surface area contributed by atoms with Gasteiger partial charge >= 0.3 is 5.97 Å². The molecule has 2 rings (SSSR count). The number of rotatable bonds is 7. The Morgan fingerprint density at radius 2 is 2.45 bits per heavy atom. The molecular formula is C14H22N2O3S. The van der Waals surface area contributed by atoms with Gasteiger partial charge in [-0.15, -0.1) is 0 Å². The lowest BCUT2D eigenvalue weighted by molar-refractivity contribution is -0.133. The summed E-state index contributed by atoms with van der Waals surface area (Å²) in [6, 6.07) is 0. The topological polar surface area (TPSA) is 64.3 Å². The number of carboxylic acid groups (broad SMARTS) is 1. The maximum atomic E-state index is 10.7. The Hall–Kier alpha value is -1.01. The van der Waals surface area contributed by atoms with Crippen molar-refractivity contribution in [3.8, 4) is 0 Å². The van der Waals surface area contributed by atoms with E-state index in [2.05, 4.69) is 23.4 Å². The van der Waals surface area contributed by atoms with Gasteiger partial charge in [-0.3, -0.25) is 4.79 Å². The molecule has 0 saturated carbocycles. The lowest BCUT2D eigenvalue weighted by Crippen LogP contribution is -2.11. The molecule has 1 aromatic rings. The van der Waals surface area contributed by atoms with Crippen molar-refractivity contribution in [1.82, 2.24) is 9.55 Å². The van der Waals surface area contributed by atoms with E-state index < -0.39 is 5.97 Å². The van der Waals surface area contributed by atoms with Crippen LogP contribution in [-0.4, -0.2) is 39.6 Å². The largest absolute Gasteiger partial charge is 0.481 e. The van der Waals surface area contributed by atoms with E-state index >= 15 is 0 Å². The zero-order valence-electron chi connectivity index (χ0n) is 12.0. The number of aliphatic carboxylic acids is 1. The number of carboxylic acids is 1. The Bertz CT molecular complexity index is 453. The summed E-state index contributed by atoms with van der Waals surface area (Å²) >= 11 is 1.30. The average molecular weight is 298 g/mol. The number of ether oxygens (including phenoxy) is 1. The summed E-state index contributed by atoms with van der Waals surface area (Å²) in [5.41, 5.74) is 1.18. The van der Waals surface area contributed by atoms with Crippen LogP contribution in [0.4, 0.5) is 0 Å². The quantitative estimate of drug-likeness (QED) is 0.784. The van der Waals surface area contributed by atoms with E-state index in [1.807, 2.05) is 6.20 Å². The molecule has 0 aliphatic carbocycles. The van der Waals surface area contributed by atoms with E-state index in [9.17, 15) is 4.79 Å². The second-order valence-electron chi connectivity index (χ2n) is 5.47. The van der Waals surface area contributed by atoms with Crippen LogP contribution < -0.4 is 0 Å². The van der Waals surface area contributed by atoms with Crippen LogP contribution in [0.2, 0.25) is 0 Å². The van der Waals surface area contributed by atoms with E-state index in [0.717, 1.165) is 37.8 Å². The molecule has 1 aliphatic rings. The molecule has 0 radical (unpaired) electrons. The van der Waals surface area contributed by atoms with Gasteiger partial charge in [-0.25, -0.2) is 4.98 Å². The van der Waals surface area contributed by atoms with Gasteiger partial charge in [0.2, 0.25) is 0 Å². The Balaban J connectivity index is 2.04. The molecule has 112 valence electrons. The molecule has 1 aromatic heterocycles. The van der Waals surface area contributed by atoms with Crippen LogP contribution in [0.15, 0.2) is 11.4 Å². The number of nitrogens with zero attached hydrogens (tertiary/aromatic N) is 2. The number of imidazole rings is 1. The molecule has 1 atom stereocenters. The van der Waals surface area contributed by atoms with Crippen LogP contribution in [-0.2, 0) is 16.1 Å². The number of aromatic nitrogens is 2. The first-order chi connectivity index (χ1) is 9.58. The fraction of sp³-hybridized carbons (Fsp3) is 0.714. The second-order valence-corrected chi connectivity index (χ2v) is 6.42. The highest BCUT2D eigenvalue weighted by Crippen LogP contribution is 2.25. The van der Waals surface area contributed by atoms with Crippen LogP contribution in [0.3, 0.4) is 0 Å². The molecule has 0 aromatic carbocycles. The van der Waals surface area contributed by atoms with Crippen LogP contribution in [0.1, 0.15) is 38.3 Å². The van der Waals surface area contributed by atoms with Crippen molar-refractivity contribution in [2.24, 2.45) is 5.92 Å². The van der Waals surface area contributed by atoms with E-state index in [1.54, 1.807) is 0 Å². The van der Waals surface area contributed by atoms with Gasteiger partial charge in [-0.2, -0.15) is 0 Å². The summed E-state index contributed by atoms with van der Waals surface area (Å²) in [6.07, 6.45) is 4.07. The fourth-order valence-electron chi connectivity index (χ4n) is 2.42. The first kappa shape index (κ1) is 15.4. The lowest BCUT2D eigenvalue weighted by atomic mass is 10.0. The highest BCUT2D eigenvalue weighted by atomic mass is 32.2. The van der Waals surface area contributed by atoms with Gasteiger partial charge in [0.25, 0.3) is 0 Å². The molecule has 6 heteroatoms. The number of thioether (sulfide) groups is 1. The van der Waals surface area contributed by atoms with Crippen molar-refractivity contribution in [3.05, 3.63) is 11.9 Å². The van der Waals surface area contributed by atoms with Gasteiger partial charge < -0.3 is 14.4 Å². The summed E-state index contributed by atoms with van der Waals surface area (Å²) < 4.78 is 7.58. The molecule has 1 unspecified atom stereocenters. The van der Waals surface area contributed by atoms with Crippen LogP contribution in [0, 0.1) is 5.92 Å². The Kier molecular flexibility index (Phi) is 5.48. The minimum atomic E-state index is -0.806. The molecule has 0 amide bonds. The van der Waals surface area contributed by atoms with Gasteiger partial charge in [0.15, 0.2) is 5.16 Å². The zero-order chi connectivity index (χ0) is 14.5. The molecule has 0 spiro atoms. The van der Waals surface area contributed by atoms with E-state index in [4.69, 9.17) is 9.84 Å². The van der Waals surface area contributed by atoms with Crippen molar-refractivity contribution >= 4 is 17.7 Å². The zero-order valence-corrected chi connectivity index (χ0v) is 12.9. The smallest absolute Gasteiger partial charge is 0.313 e. The Morgan fingerprint density at radius 3 is 3.05 bits per heavy atom. The van der Waals surface area contributed by atoms with Crippen molar-refractivity contribution in [2.75, 3.05) is 19.0 Å². The fourth-order valence-corrected chi connectivity index (χ4v) is 3.15. The van der Waals surface area contributed by atoms with Crippen LogP contribution in [0.5, 0.6) is 0 Å². The van der Waals surface area contributed by atoms with Gasteiger partial charge in [0.1, 0.15) is 0 Å². The molecule has 20 heavy (non-hydrogen) atoms. The van der Waals surface area contributed by atoms with Crippen LogP contribution in [0.25, 0.3) is 0 Å². The van der Waals surface area contributed by atoms with Crippen molar-refractivity contribution in [3.63, 3.8) is 0 Å². The predicted molar refractivity (Wildman–Crippen MR) is 78.2 cm³/mol.